The molecule has 0 amide bonds. The summed E-state index contributed by atoms with van der Waals surface area (Å²) in [5, 5.41) is 9.31. The second-order valence-corrected chi connectivity index (χ2v) is 6.41. The number of hydrogen-bond acceptors (Lipinski definition) is 5. The molecule has 2 atom stereocenters. The molecule has 1 rings (SSSR count). The van der Waals surface area contributed by atoms with E-state index >= 15 is 0 Å². The quantitative estimate of drug-likeness (QED) is 0.641. The number of aliphatic hydroxyl groups excluding tert-OH is 1. The zero-order chi connectivity index (χ0) is 11.5. The van der Waals surface area contributed by atoms with Crippen molar-refractivity contribution in [2.75, 3.05) is 31.1 Å². The summed E-state index contributed by atoms with van der Waals surface area (Å²) in [5.41, 5.74) is 5.30. The molecule has 1 aliphatic rings. The minimum Gasteiger partial charge on any atom is -0.392 e. The van der Waals surface area contributed by atoms with E-state index in [4.69, 9.17) is 5.73 Å². The molecule has 0 aromatic heterocycles. The highest BCUT2D eigenvalue weighted by Crippen LogP contribution is 2.12. The number of rotatable bonds is 4. The molecule has 3 N–H and O–H groups in total. The van der Waals surface area contributed by atoms with Gasteiger partial charge in [-0.25, -0.2) is 8.42 Å². The van der Waals surface area contributed by atoms with Crippen molar-refractivity contribution in [2.24, 2.45) is 5.73 Å². The van der Waals surface area contributed by atoms with Gasteiger partial charge < -0.3 is 10.8 Å². The first-order chi connectivity index (χ1) is 6.94. The first-order valence-electron chi connectivity index (χ1n) is 5.27. The number of aliphatic hydroxyl groups is 1. The topological polar surface area (TPSA) is 83.6 Å². The summed E-state index contributed by atoms with van der Waals surface area (Å²) in [7, 11) is -2.84. The number of nitrogens with two attached hydrogens (primary N) is 1. The summed E-state index contributed by atoms with van der Waals surface area (Å²) in [5.74, 6) is 0.460. The lowest BCUT2D eigenvalue weighted by Gasteiger charge is -2.33. The molecule has 0 aromatic carbocycles. The van der Waals surface area contributed by atoms with Crippen molar-refractivity contribution in [2.45, 2.75) is 25.5 Å². The van der Waals surface area contributed by atoms with E-state index < -0.39 is 15.9 Å². The molecule has 2 unspecified atom stereocenters. The van der Waals surface area contributed by atoms with Gasteiger partial charge >= 0.3 is 0 Å². The molecule has 6 heteroatoms. The maximum atomic E-state index is 11.3. The van der Waals surface area contributed by atoms with Gasteiger partial charge in [-0.15, -0.1) is 0 Å². The van der Waals surface area contributed by atoms with E-state index in [1.807, 2.05) is 6.92 Å². The predicted molar refractivity (Wildman–Crippen MR) is 59.4 cm³/mol. The van der Waals surface area contributed by atoms with Gasteiger partial charge in [0.05, 0.1) is 17.6 Å². The molecule has 0 bridgehead atoms. The Kier molecular flexibility index (Phi) is 4.51. The van der Waals surface area contributed by atoms with Gasteiger partial charge in [-0.1, -0.05) is 0 Å². The number of sulfone groups is 1. The Bertz CT molecular complexity index is 292. The monoisotopic (exact) mass is 236 g/mol. The lowest BCUT2D eigenvalue weighted by Crippen LogP contribution is -2.47. The standard InChI is InChI=1S/C9H20N2O3S/c1-8-7-15(13,14)5-4-11(8)3-2-9(12)6-10/h8-9,12H,2-7,10H2,1H3. The molecule has 1 aliphatic heterocycles. The van der Waals surface area contributed by atoms with Crippen LogP contribution in [-0.2, 0) is 9.84 Å². The molecule has 0 aromatic rings. The van der Waals surface area contributed by atoms with Gasteiger partial charge in [-0.05, 0) is 13.3 Å². The largest absolute Gasteiger partial charge is 0.392 e. The Morgan fingerprint density at radius 3 is 2.80 bits per heavy atom. The molecule has 90 valence electrons. The van der Waals surface area contributed by atoms with Crippen molar-refractivity contribution >= 4 is 9.84 Å². The number of hydrogen-bond donors (Lipinski definition) is 2. The van der Waals surface area contributed by atoms with E-state index in [1.165, 1.54) is 0 Å². The first-order valence-corrected chi connectivity index (χ1v) is 7.09. The third-order valence-electron chi connectivity index (χ3n) is 2.83. The zero-order valence-electron chi connectivity index (χ0n) is 9.09. The Morgan fingerprint density at radius 1 is 1.60 bits per heavy atom. The van der Waals surface area contributed by atoms with Crippen LogP contribution in [0.5, 0.6) is 0 Å². The molecule has 0 aliphatic carbocycles. The van der Waals surface area contributed by atoms with Gasteiger partial charge in [0.25, 0.3) is 0 Å². The van der Waals surface area contributed by atoms with Crippen LogP contribution in [0.2, 0.25) is 0 Å². The van der Waals surface area contributed by atoms with Crippen molar-refractivity contribution < 1.29 is 13.5 Å². The third-order valence-corrected chi connectivity index (χ3v) is 4.62. The van der Waals surface area contributed by atoms with E-state index in [1.54, 1.807) is 0 Å². The Balaban J connectivity index is 2.38. The van der Waals surface area contributed by atoms with Gasteiger partial charge in [0.1, 0.15) is 0 Å². The smallest absolute Gasteiger partial charge is 0.153 e. The van der Waals surface area contributed by atoms with Crippen LogP contribution in [0.4, 0.5) is 0 Å². The summed E-state index contributed by atoms with van der Waals surface area (Å²) < 4.78 is 22.6. The van der Waals surface area contributed by atoms with Crippen LogP contribution in [0.1, 0.15) is 13.3 Å². The lowest BCUT2D eigenvalue weighted by atomic mass is 10.2. The van der Waals surface area contributed by atoms with Crippen molar-refractivity contribution in [3.05, 3.63) is 0 Å². The molecule has 0 spiro atoms. The average molecular weight is 236 g/mol. The van der Waals surface area contributed by atoms with Crippen molar-refractivity contribution in [3.8, 4) is 0 Å². The first kappa shape index (κ1) is 12.9. The molecular formula is C9H20N2O3S. The molecule has 1 saturated heterocycles. The fourth-order valence-electron chi connectivity index (χ4n) is 1.80. The fourth-order valence-corrected chi connectivity index (χ4v) is 3.42. The Morgan fingerprint density at radius 2 is 2.27 bits per heavy atom. The minimum absolute atomic E-state index is 0.0497. The molecule has 15 heavy (non-hydrogen) atoms. The Labute approximate surface area is 91.2 Å². The van der Waals surface area contributed by atoms with Gasteiger partial charge in [-0.3, -0.25) is 4.90 Å². The number of nitrogens with zero attached hydrogens (tertiary/aromatic N) is 1. The van der Waals surface area contributed by atoms with Crippen LogP contribution in [0, 0.1) is 0 Å². The van der Waals surface area contributed by atoms with Crippen LogP contribution in [0.25, 0.3) is 0 Å². The molecule has 0 radical (unpaired) electrons. The highest BCUT2D eigenvalue weighted by molar-refractivity contribution is 7.91. The lowest BCUT2D eigenvalue weighted by molar-refractivity contribution is 0.136. The highest BCUT2D eigenvalue weighted by Gasteiger charge is 2.27. The van der Waals surface area contributed by atoms with Crippen molar-refractivity contribution in [1.82, 2.24) is 4.90 Å². The second-order valence-electron chi connectivity index (χ2n) is 4.18. The molecule has 0 saturated carbocycles. The van der Waals surface area contributed by atoms with Crippen molar-refractivity contribution in [1.29, 1.82) is 0 Å². The Hall–Kier alpha value is -0.170. The molecular weight excluding hydrogens is 216 g/mol. The van der Waals surface area contributed by atoms with E-state index in [9.17, 15) is 13.5 Å². The van der Waals surface area contributed by atoms with E-state index in [0.29, 0.717) is 13.0 Å². The third kappa shape index (κ3) is 4.06. The zero-order valence-corrected chi connectivity index (χ0v) is 9.91. The summed E-state index contributed by atoms with van der Waals surface area (Å²) in [6.07, 6.45) is 0.136. The predicted octanol–water partition coefficient (Wildman–Crippen LogP) is -1.18. The second kappa shape index (κ2) is 5.25. The summed E-state index contributed by atoms with van der Waals surface area (Å²) >= 11 is 0. The van der Waals surface area contributed by atoms with Gasteiger partial charge in [-0.2, -0.15) is 0 Å². The normalized spacial score (nSPS) is 28.9. The fraction of sp³-hybridized carbons (Fsp3) is 1.00. The van der Waals surface area contributed by atoms with Crippen LogP contribution < -0.4 is 5.73 Å². The molecule has 1 heterocycles. The van der Waals surface area contributed by atoms with E-state index in [-0.39, 0.29) is 24.1 Å². The minimum atomic E-state index is -2.84. The maximum Gasteiger partial charge on any atom is 0.153 e. The van der Waals surface area contributed by atoms with Crippen LogP contribution >= 0.6 is 0 Å². The van der Waals surface area contributed by atoms with Gasteiger partial charge in [0, 0.05) is 25.7 Å². The average Bonchev–Trinajstić information content (AvgIpc) is 2.15. The summed E-state index contributed by atoms with van der Waals surface area (Å²) in [6, 6.07) is 0.0497. The van der Waals surface area contributed by atoms with Gasteiger partial charge in [0.2, 0.25) is 0 Å². The highest BCUT2D eigenvalue weighted by atomic mass is 32.2. The van der Waals surface area contributed by atoms with Crippen LogP contribution in [0.3, 0.4) is 0 Å². The van der Waals surface area contributed by atoms with E-state index in [2.05, 4.69) is 4.90 Å². The molecule has 5 nitrogen and oxygen atoms in total. The summed E-state index contributed by atoms with van der Waals surface area (Å²) in [6.45, 7) is 3.46. The summed E-state index contributed by atoms with van der Waals surface area (Å²) in [4.78, 5) is 2.10. The van der Waals surface area contributed by atoms with Crippen LogP contribution in [-0.4, -0.2) is 61.7 Å². The van der Waals surface area contributed by atoms with Crippen molar-refractivity contribution in [3.63, 3.8) is 0 Å². The van der Waals surface area contributed by atoms with Gasteiger partial charge in [0.15, 0.2) is 9.84 Å². The maximum absolute atomic E-state index is 11.3. The molecule has 1 fully saturated rings. The van der Waals surface area contributed by atoms with Crippen LogP contribution in [0.15, 0.2) is 0 Å². The van der Waals surface area contributed by atoms with E-state index in [0.717, 1.165) is 6.54 Å². The SMILES string of the molecule is CC1CS(=O)(=O)CCN1CCC(O)CN.